The highest BCUT2D eigenvalue weighted by Crippen LogP contribution is 2.48. The highest BCUT2D eigenvalue weighted by Gasteiger charge is 2.66. The molecule has 0 saturated carbocycles. The second-order valence-electron chi connectivity index (χ2n) is 4.24. The maximum absolute atomic E-state index is 13.5. The van der Waals surface area contributed by atoms with Gasteiger partial charge in [-0.15, -0.1) is 0 Å². The fourth-order valence-electron chi connectivity index (χ4n) is 1.17. The Morgan fingerprint density at radius 1 is 1.42 bits per heavy atom. The third-order valence-electron chi connectivity index (χ3n) is 2.33. The van der Waals surface area contributed by atoms with E-state index in [1.54, 1.807) is 0 Å². The summed E-state index contributed by atoms with van der Waals surface area (Å²) < 4.78 is 47.8. The van der Waals surface area contributed by atoms with Gasteiger partial charge < -0.3 is 0 Å². The third-order valence-corrected chi connectivity index (χ3v) is 4.16. The van der Waals surface area contributed by atoms with Crippen LogP contribution in [0.5, 0.6) is 0 Å². The number of rotatable bonds is 0. The minimum atomic E-state index is -3.79. The molecule has 1 heterocycles. The molecule has 1 aliphatic heterocycles. The van der Waals surface area contributed by atoms with Crippen molar-refractivity contribution in [1.82, 2.24) is 0 Å². The van der Waals surface area contributed by atoms with Gasteiger partial charge in [0.2, 0.25) is 5.50 Å². The van der Waals surface area contributed by atoms with Gasteiger partial charge in [0.15, 0.2) is 15.5 Å². The molecule has 1 saturated heterocycles. The SMILES string of the molecule is CC(C)(C)C1(F)CS(=O)(=O)C1F. The summed E-state index contributed by atoms with van der Waals surface area (Å²) in [5.74, 6) is -0.690. The molecule has 0 spiro atoms. The largest absolute Gasteiger partial charge is 0.238 e. The molecule has 0 aromatic carbocycles. The summed E-state index contributed by atoms with van der Waals surface area (Å²) in [4.78, 5) is 0. The van der Waals surface area contributed by atoms with Crippen LogP contribution in [0.1, 0.15) is 20.8 Å². The predicted octanol–water partition coefficient (Wildman–Crippen LogP) is 1.46. The Bertz CT molecular complexity index is 291. The molecule has 0 amide bonds. The lowest BCUT2D eigenvalue weighted by Crippen LogP contribution is -2.64. The van der Waals surface area contributed by atoms with E-state index in [0.29, 0.717) is 0 Å². The molecule has 0 aromatic heterocycles. The Balaban J connectivity index is 2.97. The molecule has 72 valence electrons. The van der Waals surface area contributed by atoms with Crippen molar-refractivity contribution in [3.63, 3.8) is 0 Å². The lowest BCUT2D eigenvalue weighted by atomic mass is 9.79. The summed E-state index contributed by atoms with van der Waals surface area (Å²) in [7, 11) is -3.79. The molecular weight excluding hydrogens is 186 g/mol. The van der Waals surface area contributed by atoms with E-state index in [1.165, 1.54) is 20.8 Å². The summed E-state index contributed by atoms with van der Waals surface area (Å²) >= 11 is 0. The first kappa shape index (κ1) is 9.89. The van der Waals surface area contributed by atoms with Gasteiger partial charge in [0.1, 0.15) is 0 Å². The van der Waals surface area contributed by atoms with Gasteiger partial charge >= 0.3 is 0 Å². The zero-order chi connectivity index (χ0) is 9.78. The van der Waals surface area contributed by atoms with Gasteiger partial charge in [-0.3, -0.25) is 0 Å². The van der Waals surface area contributed by atoms with Crippen molar-refractivity contribution in [3.05, 3.63) is 0 Å². The van der Waals surface area contributed by atoms with Crippen LogP contribution in [0.15, 0.2) is 0 Å². The molecule has 0 radical (unpaired) electrons. The van der Waals surface area contributed by atoms with Crippen LogP contribution < -0.4 is 0 Å². The van der Waals surface area contributed by atoms with Crippen molar-refractivity contribution in [2.45, 2.75) is 31.9 Å². The second kappa shape index (κ2) is 2.19. The molecule has 1 aliphatic rings. The average Bonchev–Trinajstić information content (AvgIpc) is 1.83. The number of hydrogen-bond donors (Lipinski definition) is 0. The van der Waals surface area contributed by atoms with Crippen molar-refractivity contribution < 1.29 is 17.2 Å². The van der Waals surface area contributed by atoms with E-state index in [-0.39, 0.29) is 0 Å². The van der Waals surface area contributed by atoms with Gasteiger partial charge in [-0.05, 0) is 0 Å². The van der Waals surface area contributed by atoms with Gasteiger partial charge in [0.25, 0.3) is 0 Å². The Kier molecular flexibility index (Phi) is 1.80. The number of sulfone groups is 1. The van der Waals surface area contributed by atoms with Gasteiger partial charge in [0.05, 0.1) is 5.75 Å². The van der Waals surface area contributed by atoms with E-state index in [9.17, 15) is 17.2 Å². The molecule has 1 rings (SSSR count). The summed E-state index contributed by atoms with van der Waals surface area (Å²) in [5, 5.41) is 0. The van der Waals surface area contributed by atoms with Crippen LogP contribution >= 0.6 is 0 Å². The molecule has 2 atom stereocenters. The fraction of sp³-hybridized carbons (Fsp3) is 1.00. The first-order valence-corrected chi connectivity index (χ1v) is 5.37. The molecule has 0 aromatic rings. The molecule has 1 fully saturated rings. The first-order chi connectivity index (χ1) is 5.11. The van der Waals surface area contributed by atoms with Crippen LogP contribution in [-0.4, -0.2) is 25.3 Å². The van der Waals surface area contributed by atoms with Gasteiger partial charge in [-0.25, -0.2) is 17.2 Å². The van der Waals surface area contributed by atoms with Gasteiger partial charge in [-0.1, -0.05) is 20.8 Å². The Labute approximate surface area is 70.9 Å². The van der Waals surface area contributed by atoms with E-state index in [1.807, 2.05) is 0 Å². The minimum Gasteiger partial charge on any atom is -0.238 e. The first-order valence-electron chi connectivity index (χ1n) is 3.66. The van der Waals surface area contributed by atoms with Crippen molar-refractivity contribution >= 4 is 9.84 Å². The van der Waals surface area contributed by atoms with Crippen LogP contribution in [-0.2, 0) is 9.84 Å². The molecule has 12 heavy (non-hydrogen) atoms. The smallest absolute Gasteiger partial charge is 0.236 e. The minimum absolute atomic E-state index is 0.690. The van der Waals surface area contributed by atoms with Gasteiger partial charge in [-0.2, -0.15) is 0 Å². The monoisotopic (exact) mass is 198 g/mol. The fourth-order valence-corrected chi connectivity index (χ4v) is 3.19. The molecule has 0 bridgehead atoms. The Morgan fingerprint density at radius 3 is 1.92 bits per heavy atom. The molecule has 2 nitrogen and oxygen atoms in total. The highest BCUT2D eigenvalue weighted by molar-refractivity contribution is 7.93. The van der Waals surface area contributed by atoms with Crippen LogP contribution in [0.25, 0.3) is 0 Å². The summed E-state index contributed by atoms with van der Waals surface area (Å²) in [6.45, 7) is 4.48. The average molecular weight is 198 g/mol. The lowest BCUT2D eigenvalue weighted by Gasteiger charge is -2.46. The van der Waals surface area contributed by atoms with Crippen molar-refractivity contribution in [3.8, 4) is 0 Å². The summed E-state index contributed by atoms with van der Waals surface area (Å²) in [6.07, 6.45) is 0. The summed E-state index contributed by atoms with van der Waals surface area (Å²) in [6, 6.07) is 0. The number of hydrogen-bond acceptors (Lipinski definition) is 2. The van der Waals surface area contributed by atoms with Crippen molar-refractivity contribution in [1.29, 1.82) is 0 Å². The zero-order valence-electron chi connectivity index (χ0n) is 7.27. The van der Waals surface area contributed by atoms with Crippen LogP contribution in [0.2, 0.25) is 0 Å². The molecular formula is C7H12F2O2S. The zero-order valence-corrected chi connectivity index (χ0v) is 8.08. The lowest BCUT2D eigenvalue weighted by molar-refractivity contribution is -0.0126. The van der Waals surface area contributed by atoms with E-state index >= 15 is 0 Å². The van der Waals surface area contributed by atoms with E-state index in [4.69, 9.17) is 0 Å². The van der Waals surface area contributed by atoms with E-state index in [2.05, 4.69) is 0 Å². The van der Waals surface area contributed by atoms with Crippen LogP contribution in [0.4, 0.5) is 8.78 Å². The predicted molar refractivity (Wildman–Crippen MR) is 42.0 cm³/mol. The topological polar surface area (TPSA) is 34.1 Å². The summed E-state index contributed by atoms with van der Waals surface area (Å²) in [5.41, 5.74) is -5.51. The highest BCUT2D eigenvalue weighted by atomic mass is 32.2. The van der Waals surface area contributed by atoms with Crippen molar-refractivity contribution in [2.24, 2.45) is 5.41 Å². The second-order valence-corrected chi connectivity index (χ2v) is 6.26. The quantitative estimate of drug-likeness (QED) is 0.590. The standard InChI is InChI=1S/C7H12F2O2S/c1-6(2,3)7(9)4-12(10,11)5(7)8/h5H,4H2,1-3H3. The molecule has 2 unspecified atom stereocenters. The maximum atomic E-state index is 13.5. The van der Waals surface area contributed by atoms with Crippen LogP contribution in [0, 0.1) is 5.41 Å². The normalized spacial score (nSPS) is 40.6. The maximum Gasteiger partial charge on any atom is 0.236 e. The molecule has 0 N–H and O–H groups in total. The number of halogens is 2. The van der Waals surface area contributed by atoms with Gasteiger partial charge in [0, 0.05) is 5.41 Å². The van der Waals surface area contributed by atoms with E-state index < -0.39 is 32.2 Å². The van der Waals surface area contributed by atoms with Crippen molar-refractivity contribution in [2.75, 3.05) is 5.75 Å². The Hall–Kier alpha value is -0.190. The Morgan fingerprint density at radius 2 is 1.83 bits per heavy atom. The number of alkyl halides is 2. The molecule has 0 aliphatic carbocycles. The third kappa shape index (κ3) is 1.06. The van der Waals surface area contributed by atoms with E-state index in [0.717, 1.165) is 0 Å². The van der Waals surface area contributed by atoms with Crippen LogP contribution in [0.3, 0.4) is 0 Å². The molecule has 5 heteroatoms.